The van der Waals surface area contributed by atoms with Crippen LogP contribution in [0, 0.1) is 5.92 Å². The first-order valence-electron chi connectivity index (χ1n) is 6.81. The fourth-order valence-electron chi connectivity index (χ4n) is 1.94. The second kappa shape index (κ2) is 5.98. The zero-order valence-electron chi connectivity index (χ0n) is 11.7. The van der Waals surface area contributed by atoms with Crippen molar-refractivity contribution in [2.45, 2.75) is 45.3 Å². The van der Waals surface area contributed by atoms with Gasteiger partial charge in [0.1, 0.15) is 5.76 Å². The van der Waals surface area contributed by atoms with Crippen LogP contribution in [0.15, 0.2) is 22.8 Å². The summed E-state index contributed by atoms with van der Waals surface area (Å²) in [4.78, 5) is 24.9. The van der Waals surface area contributed by atoms with Gasteiger partial charge in [0.25, 0.3) is 0 Å². The Morgan fingerprint density at radius 3 is 2.70 bits per heavy atom. The van der Waals surface area contributed by atoms with Crippen LogP contribution in [0.1, 0.15) is 32.4 Å². The lowest BCUT2D eigenvalue weighted by atomic mass is 10.0. The van der Waals surface area contributed by atoms with Crippen LogP contribution in [0.4, 0.5) is 4.79 Å². The Morgan fingerprint density at radius 1 is 1.50 bits per heavy atom. The zero-order chi connectivity index (χ0) is 14.7. The Balaban J connectivity index is 1.95. The van der Waals surface area contributed by atoms with Crippen LogP contribution >= 0.6 is 0 Å². The molecule has 1 heterocycles. The van der Waals surface area contributed by atoms with Crippen LogP contribution < -0.4 is 5.32 Å². The van der Waals surface area contributed by atoms with Gasteiger partial charge in [-0.25, -0.2) is 4.79 Å². The van der Waals surface area contributed by atoms with Crippen LogP contribution in [0.3, 0.4) is 0 Å². The number of carbonyl (C=O) groups excluding carboxylic acids is 1. The fraction of sp³-hybridized carbons (Fsp3) is 0.571. The first-order chi connectivity index (χ1) is 9.49. The van der Waals surface area contributed by atoms with Gasteiger partial charge in [-0.2, -0.15) is 0 Å². The number of carbonyl (C=O) groups is 2. The van der Waals surface area contributed by atoms with Crippen LogP contribution in [0.25, 0.3) is 0 Å². The van der Waals surface area contributed by atoms with Crippen molar-refractivity contribution < 1.29 is 19.1 Å². The van der Waals surface area contributed by atoms with Gasteiger partial charge in [-0.15, -0.1) is 0 Å². The van der Waals surface area contributed by atoms with E-state index in [0.29, 0.717) is 6.54 Å². The summed E-state index contributed by atoms with van der Waals surface area (Å²) in [6, 6.07) is 3.19. The molecule has 2 rings (SSSR count). The fourth-order valence-corrected chi connectivity index (χ4v) is 1.94. The summed E-state index contributed by atoms with van der Waals surface area (Å²) < 4.78 is 5.27. The van der Waals surface area contributed by atoms with E-state index in [-0.39, 0.29) is 12.1 Å². The topological polar surface area (TPSA) is 82.8 Å². The van der Waals surface area contributed by atoms with Crippen molar-refractivity contribution >= 4 is 12.0 Å². The number of rotatable bonds is 6. The summed E-state index contributed by atoms with van der Waals surface area (Å²) in [6.45, 7) is 3.70. The van der Waals surface area contributed by atoms with Gasteiger partial charge in [0, 0.05) is 12.1 Å². The monoisotopic (exact) mass is 280 g/mol. The van der Waals surface area contributed by atoms with Crippen molar-refractivity contribution in [3.05, 3.63) is 24.2 Å². The molecule has 1 aliphatic carbocycles. The molecule has 1 saturated carbocycles. The van der Waals surface area contributed by atoms with Crippen LogP contribution in [0.2, 0.25) is 0 Å². The first kappa shape index (κ1) is 14.4. The van der Waals surface area contributed by atoms with E-state index in [1.807, 2.05) is 6.07 Å². The van der Waals surface area contributed by atoms with Crippen LogP contribution in [0.5, 0.6) is 0 Å². The molecule has 0 spiro atoms. The molecule has 2 amide bonds. The van der Waals surface area contributed by atoms with Crippen molar-refractivity contribution in [1.82, 2.24) is 10.2 Å². The second-order valence-electron chi connectivity index (χ2n) is 5.30. The smallest absolute Gasteiger partial charge is 0.318 e. The molecule has 1 aromatic rings. The van der Waals surface area contributed by atoms with Gasteiger partial charge < -0.3 is 19.7 Å². The normalized spacial score (nSPS) is 17.3. The highest BCUT2D eigenvalue weighted by Crippen LogP contribution is 2.28. The maximum atomic E-state index is 12.3. The molecule has 0 aromatic carbocycles. The van der Waals surface area contributed by atoms with Gasteiger partial charge in [0.05, 0.1) is 18.7 Å². The van der Waals surface area contributed by atoms with Crippen molar-refractivity contribution in [1.29, 1.82) is 0 Å². The number of urea groups is 1. The minimum atomic E-state index is -0.915. The minimum Gasteiger partial charge on any atom is -0.481 e. The predicted octanol–water partition coefficient (Wildman–Crippen LogP) is 2.06. The number of amides is 2. The van der Waals surface area contributed by atoms with Crippen LogP contribution in [-0.2, 0) is 11.3 Å². The summed E-state index contributed by atoms with van der Waals surface area (Å²) in [5.41, 5.74) is 0. The second-order valence-corrected chi connectivity index (χ2v) is 5.30. The van der Waals surface area contributed by atoms with E-state index < -0.39 is 17.9 Å². The molecule has 1 aromatic heterocycles. The van der Waals surface area contributed by atoms with E-state index >= 15 is 0 Å². The molecular weight excluding hydrogens is 260 g/mol. The SMILES string of the molecule is CC(NC(=O)N(Cc1ccco1)C1CC1)C(C)C(=O)O. The molecule has 20 heavy (non-hydrogen) atoms. The predicted molar refractivity (Wildman–Crippen MR) is 72.1 cm³/mol. The third-order valence-electron chi connectivity index (χ3n) is 3.65. The van der Waals surface area contributed by atoms with E-state index in [0.717, 1.165) is 18.6 Å². The van der Waals surface area contributed by atoms with Gasteiger partial charge in [-0.3, -0.25) is 4.79 Å². The molecule has 6 nitrogen and oxygen atoms in total. The number of furan rings is 1. The van der Waals surface area contributed by atoms with E-state index in [1.54, 1.807) is 31.1 Å². The summed E-state index contributed by atoms with van der Waals surface area (Å²) in [5, 5.41) is 11.7. The molecule has 1 fully saturated rings. The number of carboxylic acids is 1. The Hall–Kier alpha value is -1.98. The molecule has 2 unspecified atom stereocenters. The molecular formula is C14H20N2O4. The lowest BCUT2D eigenvalue weighted by molar-refractivity contribution is -0.141. The number of hydrogen-bond acceptors (Lipinski definition) is 3. The van der Waals surface area contributed by atoms with E-state index in [9.17, 15) is 9.59 Å². The number of nitrogens with zero attached hydrogens (tertiary/aromatic N) is 1. The average Bonchev–Trinajstić information content (AvgIpc) is 3.11. The molecule has 6 heteroatoms. The molecule has 0 saturated heterocycles. The third-order valence-corrected chi connectivity index (χ3v) is 3.65. The summed E-state index contributed by atoms with van der Waals surface area (Å²) >= 11 is 0. The lowest BCUT2D eigenvalue weighted by Gasteiger charge is -2.25. The molecule has 110 valence electrons. The Labute approximate surface area is 117 Å². The standard InChI is InChI=1S/C14H20N2O4/c1-9(13(17)18)10(2)15-14(19)16(11-5-6-11)8-12-4-3-7-20-12/h3-4,7,9-11H,5-6,8H2,1-2H3,(H,15,19)(H,17,18). The molecule has 0 radical (unpaired) electrons. The zero-order valence-corrected chi connectivity index (χ0v) is 11.7. The van der Waals surface area contributed by atoms with Gasteiger partial charge >= 0.3 is 12.0 Å². The molecule has 0 bridgehead atoms. The maximum Gasteiger partial charge on any atom is 0.318 e. The summed E-state index contributed by atoms with van der Waals surface area (Å²) in [7, 11) is 0. The first-order valence-corrected chi connectivity index (χ1v) is 6.81. The average molecular weight is 280 g/mol. The number of carboxylic acid groups (broad SMARTS) is 1. The van der Waals surface area contributed by atoms with Crippen LogP contribution in [-0.4, -0.2) is 34.1 Å². The molecule has 2 N–H and O–H groups in total. The molecule has 1 aliphatic rings. The lowest BCUT2D eigenvalue weighted by Crippen LogP contribution is -2.47. The van der Waals surface area contributed by atoms with E-state index in [2.05, 4.69) is 5.32 Å². The highest BCUT2D eigenvalue weighted by Gasteiger charge is 2.34. The van der Waals surface area contributed by atoms with Crippen molar-refractivity contribution in [3.8, 4) is 0 Å². The third kappa shape index (κ3) is 3.53. The largest absolute Gasteiger partial charge is 0.481 e. The highest BCUT2D eigenvalue weighted by atomic mass is 16.4. The molecule has 0 aliphatic heterocycles. The quantitative estimate of drug-likeness (QED) is 0.835. The van der Waals surface area contributed by atoms with Gasteiger partial charge in [-0.05, 0) is 38.8 Å². The summed E-state index contributed by atoms with van der Waals surface area (Å²) in [6.07, 6.45) is 3.54. The molecule has 2 atom stereocenters. The number of hydrogen-bond donors (Lipinski definition) is 2. The van der Waals surface area contributed by atoms with E-state index in [1.165, 1.54) is 0 Å². The van der Waals surface area contributed by atoms with Gasteiger partial charge in [0.2, 0.25) is 0 Å². The van der Waals surface area contributed by atoms with Crippen molar-refractivity contribution in [2.75, 3.05) is 0 Å². The number of nitrogens with one attached hydrogen (secondary N) is 1. The highest BCUT2D eigenvalue weighted by molar-refractivity contribution is 5.77. The van der Waals surface area contributed by atoms with Crippen molar-refractivity contribution in [2.24, 2.45) is 5.92 Å². The minimum absolute atomic E-state index is 0.229. The Kier molecular flexibility index (Phi) is 4.32. The Bertz CT molecular complexity index is 468. The van der Waals surface area contributed by atoms with Gasteiger partial charge in [-0.1, -0.05) is 0 Å². The number of aliphatic carboxylic acids is 1. The Morgan fingerprint density at radius 2 is 2.20 bits per heavy atom. The van der Waals surface area contributed by atoms with Crippen molar-refractivity contribution in [3.63, 3.8) is 0 Å². The summed E-state index contributed by atoms with van der Waals surface area (Å²) in [5.74, 6) is -0.809. The van der Waals surface area contributed by atoms with E-state index in [4.69, 9.17) is 9.52 Å². The maximum absolute atomic E-state index is 12.3. The van der Waals surface area contributed by atoms with Gasteiger partial charge in [0.15, 0.2) is 0 Å².